The summed E-state index contributed by atoms with van der Waals surface area (Å²) in [6, 6.07) is 7.24. The maximum Gasteiger partial charge on any atom is 0.409 e. The zero-order valence-corrected chi connectivity index (χ0v) is 20.8. The summed E-state index contributed by atoms with van der Waals surface area (Å²) in [4.78, 5) is 56.8. The number of aromatic nitrogens is 1. The van der Waals surface area contributed by atoms with Crippen LogP contribution in [0.4, 0.5) is 15.6 Å². The molecule has 1 aromatic carbocycles. The van der Waals surface area contributed by atoms with E-state index in [4.69, 9.17) is 5.11 Å². The lowest BCUT2D eigenvalue weighted by Crippen LogP contribution is -2.25. The van der Waals surface area contributed by atoms with Gasteiger partial charge < -0.3 is 20.6 Å². The van der Waals surface area contributed by atoms with Crippen molar-refractivity contribution in [1.82, 2.24) is 20.5 Å². The van der Waals surface area contributed by atoms with Crippen LogP contribution in [0.25, 0.3) is 0 Å². The highest BCUT2D eigenvalue weighted by atomic mass is 32.1. The number of hydrogen-bond acceptors (Lipinski definition) is 7. The Balaban J connectivity index is 1.97. The molecule has 1 heterocycles. The summed E-state index contributed by atoms with van der Waals surface area (Å²) in [7, 11) is 3.43. The number of rotatable bonds is 12. The Morgan fingerprint density at radius 3 is 2.46 bits per heavy atom. The van der Waals surface area contributed by atoms with Gasteiger partial charge in [-0.05, 0) is 43.4 Å². The maximum absolute atomic E-state index is 12.8. The Labute approximate surface area is 207 Å². The highest BCUT2D eigenvalue weighted by Gasteiger charge is 2.18. The van der Waals surface area contributed by atoms with Crippen LogP contribution in [0.1, 0.15) is 47.1 Å². The van der Waals surface area contributed by atoms with E-state index in [1.165, 1.54) is 6.92 Å². The van der Waals surface area contributed by atoms with E-state index in [9.17, 15) is 19.2 Å². The third-order valence-electron chi connectivity index (χ3n) is 4.78. The number of carbonyl (C=O) groups is 4. The van der Waals surface area contributed by atoms with Gasteiger partial charge in [0.05, 0.1) is 17.7 Å². The van der Waals surface area contributed by atoms with Crippen molar-refractivity contribution >= 4 is 52.3 Å². The molecule has 188 valence electrons. The van der Waals surface area contributed by atoms with Crippen LogP contribution in [0.15, 0.2) is 29.3 Å². The molecule has 12 heteroatoms. The van der Waals surface area contributed by atoms with Crippen molar-refractivity contribution in [3.05, 3.63) is 40.4 Å². The summed E-state index contributed by atoms with van der Waals surface area (Å²) in [5.74, 6) is -0.474. The van der Waals surface area contributed by atoms with E-state index in [2.05, 4.69) is 25.9 Å². The van der Waals surface area contributed by atoms with Gasteiger partial charge >= 0.3 is 6.09 Å². The average Bonchev–Trinajstić information content (AvgIpc) is 3.19. The molecule has 0 aliphatic heterocycles. The quantitative estimate of drug-likeness (QED) is 0.199. The van der Waals surface area contributed by atoms with Crippen molar-refractivity contribution < 1.29 is 24.3 Å². The second kappa shape index (κ2) is 13.8. The summed E-state index contributed by atoms with van der Waals surface area (Å²) >= 11 is 1.13. The minimum atomic E-state index is -1.19. The molecule has 0 fully saturated rings. The summed E-state index contributed by atoms with van der Waals surface area (Å²) in [6.45, 7) is 1.82. The van der Waals surface area contributed by atoms with Crippen molar-refractivity contribution in [3.8, 4) is 0 Å². The first kappa shape index (κ1) is 27.4. The molecular weight excluding hydrogens is 472 g/mol. The number of nitrogens with zero attached hydrogens (tertiary/aromatic N) is 3. The van der Waals surface area contributed by atoms with Gasteiger partial charge in [-0.2, -0.15) is 0 Å². The first-order valence-electron chi connectivity index (χ1n) is 11.0. The van der Waals surface area contributed by atoms with E-state index in [0.717, 1.165) is 23.2 Å². The van der Waals surface area contributed by atoms with E-state index in [1.54, 1.807) is 31.1 Å². The van der Waals surface area contributed by atoms with Gasteiger partial charge in [0.25, 0.3) is 5.91 Å². The average molecular weight is 503 g/mol. The van der Waals surface area contributed by atoms with Crippen LogP contribution in [0.5, 0.6) is 0 Å². The number of carboxylic acid groups (broad SMARTS) is 1. The fourth-order valence-electron chi connectivity index (χ4n) is 2.98. The molecule has 0 atom stereocenters. The third kappa shape index (κ3) is 9.92. The lowest BCUT2D eigenvalue weighted by molar-refractivity contribution is -0.128. The molecular formula is C23H30N6O5S. The van der Waals surface area contributed by atoms with E-state index in [1.807, 2.05) is 12.1 Å². The largest absolute Gasteiger partial charge is 0.465 e. The molecule has 2 rings (SSSR count). The SMILES string of the molecule is CC(=O)Nc1nc(CCc2ccc(N=CNC(=O)O)cc2)c(C(=O)NCCCCC(=O)N(C)C)s1. The Hall–Kier alpha value is -3.80. The van der Waals surface area contributed by atoms with Crippen molar-refractivity contribution in [2.75, 3.05) is 26.0 Å². The maximum atomic E-state index is 12.8. The van der Waals surface area contributed by atoms with Crippen LogP contribution in [-0.2, 0) is 22.4 Å². The fourth-order valence-corrected chi connectivity index (χ4v) is 3.96. The number of unbranched alkanes of at least 4 members (excludes halogenated alkanes) is 1. The number of carbonyl (C=O) groups excluding carboxylic acids is 3. The zero-order valence-electron chi connectivity index (χ0n) is 20.0. The first-order chi connectivity index (χ1) is 16.7. The molecule has 0 radical (unpaired) electrons. The molecule has 1 aromatic heterocycles. The molecule has 0 saturated carbocycles. The number of benzene rings is 1. The number of hydrogen-bond donors (Lipinski definition) is 4. The second-order valence-electron chi connectivity index (χ2n) is 7.85. The van der Waals surface area contributed by atoms with E-state index >= 15 is 0 Å². The zero-order chi connectivity index (χ0) is 25.8. The van der Waals surface area contributed by atoms with Crippen LogP contribution in [0, 0.1) is 0 Å². The van der Waals surface area contributed by atoms with Crippen molar-refractivity contribution in [3.63, 3.8) is 0 Å². The first-order valence-corrected chi connectivity index (χ1v) is 11.8. The minimum absolute atomic E-state index is 0.0535. The molecule has 0 unspecified atom stereocenters. The number of thiazole rings is 1. The van der Waals surface area contributed by atoms with E-state index in [0.29, 0.717) is 60.0 Å². The van der Waals surface area contributed by atoms with E-state index in [-0.39, 0.29) is 17.7 Å². The van der Waals surface area contributed by atoms with Gasteiger partial charge in [0, 0.05) is 34.0 Å². The summed E-state index contributed by atoms with van der Waals surface area (Å²) in [6.07, 6.45) is 2.78. The number of nitrogens with one attached hydrogen (secondary N) is 3. The topological polar surface area (TPSA) is 153 Å². The van der Waals surface area contributed by atoms with Crippen LogP contribution < -0.4 is 16.0 Å². The monoisotopic (exact) mass is 502 g/mol. The molecule has 0 aliphatic carbocycles. The van der Waals surface area contributed by atoms with Crippen molar-refractivity contribution in [2.24, 2.45) is 4.99 Å². The van der Waals surface area contributed by atoms with Crippen LogP contribution in [-0.4, -0.2) is 65.8 Å². The molecule has 2 aromatic rings. The number of anilines is 1. The molecule has 0 aliphatic rings. The number of amides is 4. The molecule has 4 amide bonds. The molecule has 0 spiro atoms. The fraction of sp³-hybridized carbons (Fsp3) is 0.391. The second-order valence-corrected chi connectivity index (χ2v) is 8.85. The normalized spacial score (nSPS) is 10.7. The molecule has 0 saturated heterocycles. The van der Waals surface area contributed by atoms with Gasteiger partial charge in [-0.3, -0.25) is 19.7 Å². The molecule has 0 bridgehead atoms. The Bertz CT molecular complexity index is 1060. The van der Waals surface area contributed by atoms with Gasteiger partial charge in [-0.15, -0.1) is 0 Å². The molecule has 11 nitrogen and oxygen atoms in total. The van der Waals surface area contributed by atoms with Crippen LogP contribution >= 0.6 is 11.3 Å². The predicted molar refractivity (Wildman–Crippen MR) is 134 cm³/mol. The van der Waals surface area contributed by atoms with Gasteiger partial charge in [0.1, 0.15) is 4.88 Å². The van der Waals surface area contributed by atoms with Gasteiger partial charge in [0.2, 0.25) is 11.8 Å². The van der Waals surface area contributed by atoms with Crippen LogP contribution in [0.3, 0.4) is 0 Å². The van der Waals surface area contributed by atoms with Crippen LogP contribution in [0.2, 0.25) is 0 Å². The summed E-state index contributed by atoms with van der Waals surface area (Å²) in [5, 5.41) is 16.5. The van der Waals surface area contributed by atoms with Gasteiger partial charge in [-0.25, -0.2) is 14.8 Å². The highest BCUT2D eigenvalue weighted by Crippen LogP contribution is 2.25. The number of aryl methyl sites for hydroxylation is 2. The predicted octanol–water partition coefficient (Wildman–Crippen LogP) is 2.80. The minimum Gasteiger partial charge on any atom is -0.465 e. The summed E-state index contributed by atoms with van der Waals surface area (Å²) in [5.41, 5.74) is 2.17. The Morgan fingerprint density at radius 1 is 1.11 bits per heavy atom. The van der Waals surface area contributed by atoms with Crippen molar-refractivity contribution in [2.45, 2.75) is 39.0 Å². The summed E-state index contributed by atoms with van der Waals surface area (Å²) < 4.78 is 0. The lowest BCUT2D eigenvalue weighted by Gasteiger charge is -2.10. The Kier molecular flexibility index (Phi) is 10.8. The van der Waals surface area contributed by atoms with Gasteiger partial charge in [0.15, 0.2) is 5.13 Å². The van der Waals surface area contributed by atoms with E-state index < -0.39 is 6.09 Å². The van der Waals surface area contributed by atoms with Gasteiger partial charge in [-0.1, -0.05) is 23.5 Å². The third-order valence-corrected chi connectivity index (χ3v) is 5.79. The molecule has 4 N–H and O–H groups in total. The number of aliphatic imine (C=N–C) groups is 1. The van der Waals surface area contributed by atoms with Crippen molar-refractivity contribution in [1.29, 1.82) is 0 Å². The Morgan fingerprint density at radius 2 is 1.83 bits per heavy atom. The smallest absolute Gasteiger partial charge is 0.409 e. The highest BCUT2D eigenvalue weighted by molar-refractivity contribution is 7.17. The lowest BCUT2D eigenvalue weighted by atomic mass is 10.1. The standard InChI is InChI=1S/C23H30N6O5S/c1-15(30)27-22-28-18(12-9-16-7-10-17(11-8-16)25-14-26-23(33)34)20(35-22)21(32)24-13-5-4-6-19(31)29(2)3/h7-8,10-11,14H,4-6,9,12-13H2,1-3H3,(H,24,32)(H,25,26)(H,33,34)(H,27,28,30). The molecule has 35 heavy (non-hydrogen) atoms.